The molecule has 1 amide bonds. The predicted molar refractivity (Wildman–Crippen MR) is 117 cm³/mol. The number of methoxy groups -OCH3 is 2. The highest BCUT2D eigenvalue weighted by atomic mass is 16.5. The van der Waals surface area contributed by atoms with Crippen LogP contribution in [0.4, 0.5) is 0 Å². The van der Waals surface area contributed by atoms with Gasteiger partial charge in [0.1, 0.15) is 0 Å². The molecule has 6 nitrogen and oxygen atoms in total. The lowest BCUT2D eigenvalue weighted by atomic mass is 10.1. The second-order valence-corrected chi connectivity index (χ2v) is 7.01. The standard InChI is InChI=1S/C24H29N3O3/c1-5-21-20(15-25-27(21)17-18-10-8-7-9-11-18)24(28)26(6-2)16-19-12-13-22(29-3)23(14-19)30-4/h7-15H,5-6,16-17H2,1-4H3. The molecule has 0 spiro atoms. The van der Waals surface area contributed by atoms with Crippen LogP contribution in [0.15, 0.2) is 54.7 Å². The van der Waals surface area contributed by atoms with Crippen LogP contribution in [0, 0.1) is 0 Å². The number of carbonyl (C=O) groups is 1. The first kappa shape index (κ1) is 21.4. The monoisotopic (exact) mass is 407 g/mol. The maximum absolute atomic E-state index is 13.3. The van der Waals surface area contributed by atoms with Crippen molar-refractivity contribution >= 4 is 5.91 Å². The minimum absolute atomic E-state index is 0.0107. The fourth-order valence-corrected chi connectivity index (χ4v) is 3.55. The number of rotatable bonds is 9. The van der Waals surface area contributed by atoms with E-state index in [0.717, 1.165) is 23.2 Å². The highest BCUT2D eigenvalue weighted by molar-refractivity contribution is 5.95. The number of aromatic nitrogens is 2. The van der Waals surface area contributed by atoms with Crippen molar-refractivity contribution in [1.82, 2.24) is 14.7 Å². The minimum atomic E-state index is -0.0107. The third-order valence-corrected chi connectivity index (χ3v) is 5.18. The first-order chi connectivity index (χ1) is 14.6. The molecule has 0 radical (unpaired) electrons. The lowest BCUT2D eigenvalue weighted by Gasteiger charge is -2.22. The first-order valence-electron chi connectivity index (χ1n) is 10.2. The molecule has 0 aliphatic rings. The van der Waals surface area contributed by atoms with Gasteiger partial charge < -0.3 is 14.4 Å². The molecular weight excluding hydrogens is 378 g/mol. The second kappa shape index (κ2) is 9.96. The lowest BCUT2D eigenvalue weighted by Crippen LogP contribution is -2.31. The van der Waals surface area contributed by atoms with Crippen molar-refractivity contribution in [2.45, 2.75) is 33.4 Å². The number of ether oxygens (including phenoxy) is 2. The van der Waals surface area contributed by atoms with Crippen LogP contribution in [0.2, 0.25) is 0 Å². The van der Waals surface area contributed by atoms with Crippen LogP contribution in [0.1, 0.15) is 41.0 Å². The molecule has 0 unspecified atom stereocenters. The summed E-state index contributed by atoms with van der Waals surface area (Å²) in [5, 5.41) is 4.51. The summed E-state index contributed by atoms with van der Waals surface area (Å²) in [5.41, 5.74) is 3.76. The van der Waals surface area contributed by atoms with Crippen molar-refractivity contribution in [3.63, 3.8) is 0 Å². The maximum atomic E-state index is 13.3. The Balaban J connectivity index is 1.82. The van der Waals surface area contributed by atoms with Crippen molar-refractivity contribution < 1.29 is 14.3 Å². The Bertz CT molecular complexity index is 983. The van der Waals surface area contributed by atoms with E-state index in [0.29, 0.717) is 36.7 Å². The second-order valence-electron chi connectivity index (χ2n) is 7.01. The summed E-state index contributed by atoms with van der Waals surface area (Å²) in [6, 6.07) is 15.9. The van der Waals surface area contributed by atoms with Gasteiger partial charge in [0.25, 0.3) is 5.91 Å². The lowest BCUT2D eigenvalue weighted by molar-refractivity contribution is 0.0751. The van der Waals surface area contributed by atoms with E-state index in [1.165, 1.54) is 0 Å². The third kappa shape index (κ3) is 4.64. The van der Waals surface area contributed by atoms with E-state index in [4.69, 9.17) is 9.47 Å². The Kier molecular flexibility index (Phi) is 7.12. The summed E-state index contributed by atoms with van der Waals surface area (Å²) >= 11 is 0. The first-order valence-corrected chi connectivity index (χ1v) is 10.2. The molecule has 0 aliphatic carbocycles. The molecule has 3 rings (SSSR count). The number of nitrogens with zero attached hydrogens (tertiary/aromatic N) is 3. The van der Waals surface area contributed by atoms with E-state index in [9.17, 15) is 4.79 Å². The summed E-state index contributed by atoms with van der Waals surface area (Å²) in [6.07, 6.45) is 2.43. The predicted octanol–water partition coefficient (Wildman–Crippen LogP) is 4.17. The molecule has 158 valence electrons. The van der Waals surface area contributed by atoms with Gasteiger partial charge in [-0.3, -0.25) is 9.48 Å². The van der Waals surface area contributed by atoms with Crippen LogP contribution in [-0.2, 0) is 19.5 Å². The van der Waals surface area contributed by atoms with Crippen LogP contribution in [-0.4, -0.2) is 41.4 Å². The number of hydrogen-bond acceptors (Lipinski definition) is 4. The third-order valence-electron chi connectivity index (χ3n) is 5.18. The molecule has 1 heterocycles. The van der Waals surface area contributed by atoms with Crippen LogP contribution in [0.25, 0.3) is 0 Å². The van der Waals surface area contributed by atoms with E-state index in [2.05, 4.69) is 24.2 Å². The molecule has 0 aliphatic heterocycles. The van der Waals surface area contributed by atoms with Crippen molar-refractivity contribution in [3.05, 3.63) is 77.1 Å². The Morgan fingerprint density at radius 2 is 1.73 bits per heavy atom. The van der Waals surface area contributed by atoms with E-state index in [-0.39, 0.29) is 5.91 Å². The Labute approximate surface area is 178 Å². The highest BCUT2D eigenvalue weighted by Gasteiger charge is 2.22. The molecule has 0 saturated heterocycles. The van der Waals surface area contributed by atoms with Gasteiger partial charge in [0.15, 0.2) is 11.5 Å². The van der Waals surface area contributed by atoms with Gasteiger partial charge in [0.2, 0.25) is 0 Å². The zero-order valence-electron chi connectivity index (χ0n) is 18.1. The van der Waals surface area contributed by atoms with Crippen molar-refractivity contribution in [2.75, 3.05) is 20.8 Å². The zero-order chi connectivity index (χ0) is 21.5. The zero-order valence-corrected chi connectivity index (χ0v) is 18.1. The topological polar surface area (TPSA) is 56.6 Å². The smallest absolute Gasteiger partial charge is 0.257 e. The molecule has 0 fully saturated rings. The molecule has 0 N–H and O–H groups in total. The van der Waals surface area contributed by atoms with E-state index in [1.807, 2.05) is 52.9 Å². The molecule has 3 aromatic rings. The normalized spacial score (nSPS) is 10.7. The Morgan fingerprint density at radius 3 is 2.37 bits per heavy atom. The fourth-order valence-electron chi connectivity index (χ4n) is 3.55. The van der Waals surface area contributed by atoms with Crippen molar-refractivity contribution in [3.8, 4) is 11.5 Å². The van der Waals surface area contributed by atoms with Gasteiger partial charge in [-0.2, -0.15) is 5.10 Å². The van der Waals surface area contributed by atoms with Gasteiger partial charge in [-0.25, -0.2) is 0 Å². The van der Waals surface area contributed by atoms with Gasteiger partial charge in [0, 0.05) is 13.1 Å². The average molecular weight is 408 g/mol. The summed E-state index contributed by atoms with van der Waals surface area (Å²) in [7, 11) is 3.22. The largest absolute Gasteiger partial charge is 0.493 e. The summed E-state index contributed by atoms with van der Waals surface area (Å²) in [4.78, 5) is 15.1. The van der Waals surface area contributed by atoms with Crippen LogP contribution in [0.3, 0.4) is 0 Å². The van der Waals surface area contributed by atoms with E-state index in [1.54, 1.807) is 20.4 Å². The molecule has 2 aromatic carbocycles. The van der Waals surface area contributed by atoms with Gasteiger partial charge in [0.05, 0.1) is 38.2 Å². The Morgan fingerprint density at radius 1 is 1.00 bits per heavy atom. The molecule has 0 bridgehead atoms. The summed E-state index contributed by atoms with van der Waals surface area (Å²) in [6.45, 7) is 5.78. The Hall–Kier alpha value is -3.28. The SMILES string of the molecule is CCc1c(C(=O)N(CC)Cc2ccc(OC)c(OC)c2)cnn1Cc1ccccc1. The summed E-state index contributed by atoms with van der Waals surface area (Å²) in [5.74, 6) is 1.32. The quantitative estimate of drug-likeness (QED) is 0.534. The van der Waals surface area contributed by atoms with Crippen LogP contribution in [0.5, 0.6) is 11.5 Å². The van der Waals surface area contributed by atoms with Gasteiger partial charge >= 0.3 is 0 Å². The number of carbonyl (C=O) groups excluding carboxylic acids is 1. The van der Waals surface area contributed by atoms with Crippen LogP contribution < -0.4 is 9.47 Å². The highest BCUT2D eigenvalue weighted by Crippen LogP contribution is 2.28. The molecule has 1 aromatic heterocycles. The molecule has 6 heteroatoms. The number of amides is 1. The van der Waals surface area contributed by atoms with Crippen molar-refractivity contribution in [1.29, 1.82) is 0 Å². The molecular formula is C24H29N3O3. The average Bonchev–Trinajstić information content (AvgIpc) is 3.19. The van der Waals surface area contributed by atoms with Crippen LogP contribution >= 0.6 is 0 Å². The van der Waals surface area contributed by atoms with Gasteiger partial charge in [-0.05, 0) is 36.6 Å². The molecule has 0 saturated carbocycles. The minimum Gasteiger partial charge on any atom is -0.493 e. The maximum Gasteiger partial charge on any atom is 0.257 e. The molecule has 0 atom stereocenters. The van der Waals surface area contributed by atoms with E-state index >= 15 is 0 Å². The van der Waals surface area contributed by atoms with E-state index < -0.39 is 0 Å². The van der Waals surface area contributed by atoms with Gasteiger partial charge in [-0.1, -0.05) is 43.3 Å². The van der Waals surface area contributed by atoms with Gasteiger partial charge in [-0.15, -0.1) is 0 Å². The van der Waals surface area contributed by atoms with Crippen molar-refractivity contribution in [2.24, 2.45) is 0 Å². The fraction of sp³-hybridized carbons (Fsp3) is 0.333. The number of hydrogen-bond donors (Lipinski definition) is 0. The molecule has 30 heavy (non-hydrogen) atoms. The number of benzene rings is 2. The summed E-state index contributed by atoms with van der Waals surface area (Å²) < 4.78 is 12.6.